The monoisotopic (exact) mass is 514 g/mol. The van der Waals surface area contributed by atoms with E-state index in [0.717, 1.165) is 5.56 Å². The number of nitrogens with zero attached hydrogens (tertiary/aromatic N) is 1. The first-order valence-corrected chi connectivity index (χ1v) is 11.1. The van der Waals surface area contributed by atoms with Gasteiger partial charge in [0.15, 0.2) is 0 Å². The molecule has 11 heteroatoms. The van der Waals surface area contributed by atoms with Gasteiger partial charge in [-0.05, 0) is 29.3 Å². The second-order valence-electron chi connectivity index (χ2n) is 7.49. The van der Waals surface area contributed by atoms with Crippen LogP contribution in [0.5, 0.6) is 0 Å². The Hall–Kier alpha value is -2.39. The molecule has 2 amide bonds. The van der Waals surface area contributed by atoms with Crippen molar-refractivity contribution in [2.75, 3.05) is 24.5 Å². The van der Waals surface area contributed by atoms with Crippen molar-refractivity contribution in [1.82, 2.24) is 10.6 Å². The summed E-state index contributed by atoms with van der Waals surface area (Å²) in [6.07, 6.45) is -1.08. The second kappa shape index (κ2) is 10.7. The summed E-state index contributed by atoms with van der Waals surface area (Å²) >= 11 is 16.9. The Morgan fingerprint density at radius 1 is 1.24 bits per heavy atom. The van der Waals surface area contributed by atoms with E-state index in [0.29, 0.717) is 23.4 Å². The van der Waals surface area contributed by atoms with Gasteiger partial charge in [0.05, 0.1) is 24.5 Å². The van der Waals surface area contributed by atoms with E-state index in [1.165, 1.54) is 17.9 Å². The Morgan fingerprint density at radius 2 is 1.94 bits per heavy atom. The van der Waals surface area contributed by atoms with Crippen LogP contribution >= 0.6 is 34.8 Å². The Balaban J connectivity index is 1.62. The number of benzene rings is 2. The summed E-state index contributed by atoms with van der Waals surface area (Å²) in [4.78, 5) is 24.5. The highest BCUT2D eigenvalue weighted by atomic mass is 35.6. The third kappa shape index (κ3) is 6.80. The van der Waals surface area contributed by atoms with E-state index in [1.807, 2.05) is 12.1 Å². The van der Waals surface area contributed by atoms with Gasteiger partial charge in [-0.2, -0.15) is 0 Å². The maximum Gasteiger partial charge on any atom is 0.414 e. The standard InChI is InChI=1S/C22H22Cl3FN4O3/c1-13(31)29-10-17-12-30(21(32)33-17)16-6-7-18(19(26)8-16)15-4-2-14(3-5-15)9-28-11-20(27)22(23,24)25/h2-8,17,27-28H,9-12H2,1H3,(H,29,31)/t17-/m0/s1. The number of carbonyl (C=O) groups excluding carboxylic acids is 2. The molecule has 3 N–H and O–H groups in total. The number of rotatable bonds is 8. The molecule has 0 aliphatic carbocycles. The number of cyclic esters (lactones) is 1. The van der Waals surface area contributed by atoms with E-state index in [2.05, 4.69) is 10.6 Å². The lowest BCUT2D eigenvalue weighted by Crippen LogP contribution is -2.33. The molecule has 1 aliphatic heterocycles. The minimum Gasteiger partial charge on any atom is -0.442 e. The number of carbonyl (C=O) groups is 2. The van der Waals surface area contributed by atoms with Crippen LogP contribution in [0.15, 0.2) is 42.5 Å². The molecule has 176 valence electrons. The number of hydrogen-bond acceptors (Lipinski definition) is 5. The van der Waals surface area contributed by atoms with E-state index in [4.69, 9.17) is 44.9 Å². The van der Waals surface area contributed by atoms with Gasteiger partial charge in [-0.25, -0.2) is 9.18 Å². The summed E-state index contributed by atoms with van der Waals surface area (Å²) in [6, 6.07) is 11.8. The van der Waals surface area contributed by atoms with Crippen molar-refractivity contribution < 1.29 is 18.7 Å². The first kappa shape index (κ1) is 25.2. The molecule has 1 aliphatic rings. The molecule has 2 aromatic rings. The van der Waals surface area contributed by atoms with Crippen molar-refractivity contribution in [2.45, 2.75) is 23.4 Å². The quantitative estimate of drug-likeness (QED) is 0.358. The molecule has 2 aromatic carbocycles. The fourth-order valence-electron chi connectivity index (χ4n) is 3.24. The first-order chi connectivity index (χ1) is 15.5. The third-order valence-corrected chi connectivity index (χ3v) is 5.64. The van der Waals surface area contributed by atoms with Gasteiger partial charge in [0, 0.05) is 25.6 Å². The molecule has 0 bridgehead atoms. The van der Waals surface area contributed by atoms with Crippen LogP contribution in [-0.4, -0.2) is 47.2 Å². The highest BCUT2D eigenvalue weighted by Gasteiger charge is 2.32. The average Bonchev–Trinajstić information content (AvgIpc) is 3.12. The maximum atomic E-state index is 14.9. The van der Waals surface area contributed by atoms with Crippen LogP contribution in [0.3, 0.4) is 0 Å². The van der Waals surface area contributed by atoms with E-state index in [9.17, 15) is 14.0 Å². The van der Waals surface area contributed by atoms with Crippen molar-refractivity contribution in [3.05, 3.63) is 53.8 Å². The summed E-state index contributed by atoms with van der Waals surface area (Å²) in [7, 11) is 0. The maximum absolute atomic E-state index is 14.9. The zero-order chi connectivity index (χ0) is 24.2. The minimum atomic E-state index is -1.74. The normalized spacial score (nSPS) is 16.0. The van der Waals surface area contributed by atoms with Gasteiger partial charge in [0.2, 0.25) is 9.70 Å². The zero-order valence-corrected chi connectivity index (χ0v) is 19.9. The van der Waals surface area contributed by atoms with Gasteiger partial charge < -0.3 is 20.8 Å². The second-order valence-corrected chi connectivity index (χ2v) is 9.78. The van der Waals surface area contributed by atoms with Gasteiger partial charge in [0.25, 0.3) is 0 Å². The highest BCUT2D eigenvalue weighted by Crippen LogP contribution is 2.29. The number of ether oxygens (including phenoxy) is 1. The Bertz CT molecular complexity index is 1040. The molecule has 0 radical (unpaired) electrons. The van der Waals surface area contributed by atoms with Crippen molar-refractivity contribution >= 4 is 58.2 Å². The summed E-state index contributed by atoms with van der Waals surface area (Å²) in [5.41, 5.74) is 2.29. The van der Waals surface area contributed by atoms with Crippen LogP contribution in [0, 0.1) is 11.2 Å². The van der Waals surface area contributed by atoms with Crippen LogP contribution in [0.4, 0.5) is 14.9 Å². The largest absolute Gasteiger partial charge is 0.442 e. The van der Waals surface area contributed by atoms with E-state index in [1.54, 1.807) is 24.3 Å². The molecule has 1 saturated heterocycles. The molecule has 33 heavy (non-hydrogen) atoms. The van der Waals surface area contributed by atoms with Gasteiger partial charge in [-0.3, -0.25) is 9.69 Å². The van der Waals surface area contributed by atoms with Crippen LogP contribution in [-0.2, 0) is 16.1 Å². The van der Waals surface area contributed by atoms with Gasteiger partial charge >= 0.3 is 6.09 Å². The van der Waals surface area contributed by atoms with Crippen molar-refractivity contribution in [3.8, 4) is 11.1 Å². The van der Waals surface area contributed by atoms with Crippen molar-refractivity contribution in [1.29, 1.82) is 5.41 Å². The number of halogens is 4. The van der Waals surface area contributed by atoms with Gasteiger partial charge in [0.1, 0.15) is 11.9 Å². The molecule has 1 atom stereocenters. The van der Waals surface area contributed by atoms with Crippen LogP contribution in [0.1, 0.15) is 12.5 Å². The number of hydrogen-bond donors (Lipinski definition) is 3. The third-order valence-electron chi connectivity index (χ3n) is 4.96. The minimum absolute atomic E-state index is 0.0606. The molecule has 0 spiro atoms. The van der Waals surface area contributed by atoms with E-state index in [-0.39, 0.29) is 31.3 Å². The molecule has 0 aromatic heterocycles. The summed E-state index contributed by atoms with van der Waals surface area (Å²) < 4.78 is 18.3. The molecule has 7 nitrogen and oxygen atoms in total. The van der Waals surface area contributed by atoms with Gasteiger partial charge in [-0.1, -0.05) is 59.1 Å². The zero-order valence-electron chi connectivity index (χ0n) is 17.6. The molecular formula is C22H22Cl3FN4O3. The summed E-state index contributed by atoms with van der Waals surface area (Å²) in [5, 5.41) is 13.3. The Labute approximate surface area is 205 Å². The molecule has 3 rings (SSSR count). The van der Waals surface area contributed by atoms with Crippen molar-refractivity contribution in [3.63, 3.8) is 0 Å². The lowest BCUT2D eigenvalue weighted by Gasteiger charge is -2.15. The fraction of sp³-hybridized carbons (Fsp3) is 0.318. The Kier molecular flexibility index (Phi) is 8.18. The molecule has 0 unspecified atom stereocenters. The average molecular weight is 516 g/mol. The van der Waals surface area contributed by atoms with Crippen LogP contribution in [0.25, 0.3) is 11.1 Å². The van der Waals surface area contributed by atoms with Crippen LogP contribution in [0.2, 0.25) is 0 Å². The summed E-state index contributed by atoms with van der Waals surface area (Å²) in [5.74, 6) is -0.698. The topological polar surface area (TPSA) is 94.5 Å². The predicted molar refractivity (Wildman–Crippen MR) is 128 cm³/mol. The van der Waals surface area contributed by atoms with Gasteiger partial charge in [-0.15, -0.1) is 0 Å². The molecular weight excluding hydrogens is 494 g/mol. The predicted octanol–water partition coefficient (Wildman–Crippen LogP) is 4.43. The first-order valence-electron chi connectivity index (χ1n) is 10.0. The number of alkyl halides is 3. The Morgan fingerprint density at radius 3 is 2.55 bits per heavy atom. The lowest BCUT2D eigenvalue weighted by molar-refractivity contribution is -0.119. The van der Waals surface area contributed by atoms with Crippen LogP contribution < -0.4 is 15.5 Å². The van der Waals surface area contributed by atoms with E-state index >= 15 is 0 Å². The van der Waals surface area contributed by atoms with Crippen molar-refractivity contribution in [2.24, 2.45) is 0 Å². The number of nitrogens with one attached hydrogen (secondary N) is 3. The van der Waals surface area contributed by atoms with E-state index < -0.39 is 21.8 Å². The SMILES string of the molecule is CC(=O)NC[C@H]1CN(c2ccc(-c3ccc(CNCC(=N)C(Cl)(Cl)Cl)cc3)c(F)c2)C(=O)O1. The lowest BCUT2D eigenvalue weighted by atomic mass is 10.0. The number of anilines is 1. The summed E-state index contributed by atoms with van der Waals surface area (Å²) in [6.45, 7) is 2.37. The smallest absolute Gasteiger partial charge is 0.414 e. The molecule has 1 heterocycles. The molecule has 1 fully saturated rings. The number of amides is 2. The fourth-order valence-corrected chi connectivity index (χ4v) is 3.44. The molecule has 0 saturated carbocycles. The highest BCUT2D eigenvalue weighted by molar-refractivity contribution is 6.76.